The zero-order chi connectivity index (χ0) is 14.9. The fourth-order valence-corrected chi connectivity index (χ4v) is 2.36. The molecule has 1 aromatic rings. The lowest BCUT2D eigenvalue weighted by Crippen LogP contribution is -2.30. The van der Waals surface area contributed by atoms with E-state index >= 15 is 0 Å². The molecule has 0 bridgehead atoms. The van der Waals surface area contributed by atoms with E-state index < -0.39 is 22.7 Å². The van der Waals surface area contributed by atoms with Gasteiger partial charge in [-0.1, -0.05) is 11.6 Å². The predicted octanol–water partition coefficient (Wildman–Crippen LogP) is 1.79. The summed E-state index contributed by atoms with van der Waals surface area (Å²) in [6.07, 6.45) is 0.379. The van der Waals surface area contributed by atoms with E-state index in [2.05, 4.69) is 0 Å². The number of nitro groups is 1. The molecule has 1 atom stereocenters. The third kappa shape index (κ3) is 2.88. The van der Waals surface area contributed by atoms with E-state index in [1.807, 2.05) is 0 Å². The maximum atomic E-state index is 12.2. The minimum absolute atomic E-state index is 0.0928. The van der Waals surface area contributed by atoms with Crippen molar-refractivity contribution in [2.45, 2.75) is 6.42 Å². The van der Waals surface area contributed by atoms with Crippen molar-refractivity contribution in [3.05, 3.63) is 38.9 Å². The Morgan fingerprint density at radius 1 is 1.40 bits per heavy atom. The quantitative estimate of drug-likeness (QED) is 0.677. The minimum atomic E-state index is -0.947. The third-order valence-electron chi connectivity index (χ3n) is 3.17. The molecule has 1 aliphatic rings. The van der Waals surface area contributed by atoms with Gasteiger partial charge in [0.1, 0.15) is 0 Å². The highest BCUT2D eigenvalue weighted by Crippen LogP contribution is 2.24. The van der Waals surface area contributed by atoms with Crippen LogP contribution in [-0.4, -0.2) is 39.9 Å². The van der Waals surface area contributed by atoms with Gasteiger partial charge in [0.2, 0.25) is 0 Å². The highest BCUT2D eigenvalue weighted by molar-refractivity contribution is 6.31. The number of carboxylic acid groups (broad SMARTS) is 1. The SMILES string of the molecule is O=C(O)C1CCN(C(=O)c2cc(Cl)cc([N+](=O)[O-])c2)C1. The Kier molecular flexibility index (Phi) is 3.89. The van der Waals surface area contributed by atoms with Gasteiger partial charge in [-0.25, -0.2) is 0 Å². The van der Waals surface area contributed by atoms with E-state index in [0.29, 0.717) is 13.0 Å². The standard InChI is InChI=1S/C12H11ClN2O5/c13-9-3-8(4-10(5-9)15(19)20)11(16)14-2-1-7(6-14)12(17)18/h3-5,7H,1-2,6H2,(H,17,18). The number of nitro benzene ring substituents is 1. The molecule has 0 saturated carbocycles. The van der Waals surface area contributed by atoms with Crippen LogP contribution in [0.25, 0.3) is 0 Å². The van der Waals surface area contributed by atoms with Crippen LogP contribution in [0, 0.1) is 16.0 Å². The monoisotopic (exact) mass is 298 g/mol. The van der Waals surface area contributed by atoms with Crippen LogP contribution in [0.1, 0.15) is 16.8 Å². The van der Waals surface area contributed by atoms with Gasteiger partial charge in [-0.3, -0.25) is 19.7 Å². The van der Waals surface area contributed by atoms with Gasteiger partial charge < -0.3 is 10.0 Å². The lowest BCUT2D eigenvalue weighted by molar-refractivity contribution is -0.384. The number of amides is 1. The molecule has 1 saturated heterocycles. The smallest absolute Gasteiger partial charge is 0.308 e. The number of hydrogen-bond acceptors (Lipinski definition) is 4. The summed E-state index contributed by atoms with van der Waals surface area (Å²) < 4.78 is 0. The van der Waals surface area contributed by atoms with Gasteiger partial charge in [0.25, 0.3) is 11.6 Å². The van der Waals surface area contributed by atoms with Crippen molar-refractivity contribution < 1.29 is 19.6 Å². The van der Waals surface area contributed by atoms with Crippen molar-refractivity contribution in [3.63, 3.8) is 0 Å². The Morgan fingerprint density at radius 2 is 2.10 bits per heavy atom. The second-order valence-electron chi connectivity index (χ2n) is 4.53. The molecule has 0 radical (unpaired) electrons. The first kappa shape index (κ1) is 14.3. The van der Waals surface area contributed by atoms with Gasteiger partial charge in [0, 0.05) is 35.8 Å². The second-order valence-corrected chi connectivity index (χ2v) is 4.97. The molecule has 1 aliphatic heterocycles. The van der Waals surface area contributed by atoms with Crippen LogP contribution in [0.15, 0.2) is 18.2 Å². The molecular weight excluding hydrogens is 288 g/mol. The lowest BCUT2D eigenvalue weighted by atomic mass is 10.1. The first-order valence-corrected chi connectivity index (χ1v) is 6.23. The van der Waals surface area contributed by atoms with E-state index in [4.69, 9.17) is 16.7 Å². The Morgan fingerprint density at radius 3 is 2.65 bits per heavy atom. The predicted molar refractivity (Wildman–Crippen MR) is 69.8 cm³/mol. The number of halogens is 1. The fraction of sp³-hybridized carbons (Fsp3) is 0.333. The van der Waals surface area contributed by atoms with Crippen LogP contribution >= 0.6 is 11.6 Å². The van der Waals surface area contributed by atoms with Crippen molar-refractivity contribution in [1.82, 2.24) is 4.90 Å². The number of nitrogens with zero attached hydrogens (tertiary/aromatic N) is 2. The maximum absolute atomic E-state index is 12.2. The summed E-state index contributed by atoms with van der Waals surface area (Å²) >= 11 is 5.75. The van der Waals surface area contributed by atoms with Crippen LogP contribution in [0.3, 0.4) is 0 Å². The number of rotatable bonds is 3. The number of carbonyl (C=O) groups is 2. The summed E-state index contributed by atoms with van der Waals surface area (Å²) in [7, 11) is 0. The van der Waals surface area contributed by atoms with Crippen molar-refractivity contribution in [2.24, 2.45) is 5.92 Å². The molecule has 106 valence electrons. The molecule has 7 nitrogen and oxygen atoms in total. The fourth-order valence-electron chi connectivity index (χ4n) is 2.13. The van der Waals surface area contributed by atoms with Crippen LogP contribution < -0.4 is 0 Å². The van der Waals surface area contributed by atoms with E-state index in [1.54, 1.807) is 0 Å². The topological polar surface area (TPSA) is 101 Å². The summed E-state index contributed by atoms with van der Waals surface area (Å²) in [6, 6.07) is 3.63. The lowest BCUT2D eigenvalue weighted by Gasteiger charge is -2.15. The summed E-state index contributed by atoms with van der Waals surface area (Å²) in [4.78, 5) is 34.5. The largest absolute Gasteiger partial charge is 0.481 e. The molecule has 0 aromatic heterocycles. The second kappa shape index (κ2) is 5.46. The highest BCUT2D eigenvalue weighted by Gasteiger charge is 2.31. The van der Waals surface area contributed by atoms with Gasteiger partial charge >= 0.3 is 5.97 Å². The number of hydrogen-bond donors (Lipinski definition) is 1. The number of carbonyl (C=O) groups excluding carboxylic acids is 1. The molecule has 1 N–H and O–H groups in total. The van der Waals surface area contributed by atoms with Gasteiger partial charge in [0.15, 0.2) is 0 Å². The van der Waals surface area contributed by atoms with Crippen molar-refractivity contribution >= 4 is 29.2 Å². The van der Waals surface area contributed by atoms with Gasteiger partial charge in [0.05, 0.1) is 10.8 Å². The molecule has 1 aromatic carbocycles. The Hall–Kier alpha value is -2.15. The maximum Gasteiger partial charge on any atom is 0.308 e. The normalized spacial score (nSPS) is 18.1. The number of aliphatic carboxylic acids is 1. The number of non-ortho nitro benzene ring substituents is 1. The number of carboxylic acids is 1. The molecule has 1 unspecified atom stereocenters. The average Bonchev–Trinajstić information content (AvgIpc) is 2.86. The molecule has 0 aliphatic carbocycles. The zero-order valence-electron chi connectivity index (χ0n) is 10.3. The van der Waals surface area contributed by atoms with E-state index in [9.17, 15) is 19.7 Å². The van der Waals surface area contributed by atoms with Crippen LogP contribution in [0.2, 0.25) is 5.02 Å². The molecule has 1 fully saturated rings. The summed E-state index contributed by atoms with van der Waals surface area (Å²) in [5, 5.41) is 19.7. The third-order valence-corrected chi connectivity index (χ3v) is 3.38. The molecule has 0 spiro atoms. The van der Waals surface area contributed by atoms with E-state index in [0.717, 1.165) is 12.1 Å². The van der Waals surface area contributed by atoms with Crippen LogP contribution in [0.5, 0.6) is 0 Å². The first-order chi connectivity index (χ1) is 9.38. The molecule has 20 heavy (non-hydrogen) atoms. The summed E-state index contributed by atoms with van der Waals surface area (Å²) in [5.74, 6) is -1.98. The molecule has 8 heteroatoms. The average molecular weight is 299 g/mol. The van der Waals surface area contributed by atoms with Crippen LogP contribution in [0.4, 0.5) is 5.69 Å². The molecule has 1 amide bonds. The van der Waals surface area contributed by atoms with Gasteiger partial charge in [-0.2, -0.15) is 0 Å². The number of benzene rings is 1. The summed E-state index contributed by atoms with van der Waals surface area (Å²) in [6.45, 7) is 0.421. The zero-order valence-corrected chi connectivity index (χ0v) is 11.0. The van der Waals surface area contributed by atoms with Gasteiger partial charge in [-0.15, -0.1) is 0 Å². The van der Waals surface area contributed by atoms with Gasteiger partial charge in [-0.05, 0) is 12.5 Å². The number of likely N-dealkylation sites (tertiary alicyclic amines) is 1. The molecular formula is C12H11ClN2O5. The molecule has 2 rings (SSSR count). The minimum Gasteiger partial charge on any atom is -0.481 e. The summed E-state index contributed by atoms with van der Waals surface area (Å²) in [5.41, 5.74) is -0.176. The van der Waals surface area contributed by atoms with Crippen molar-refractivity contribution in [2.75, 3.05) is 13.1 Å². The van der Waals surface area contributed by atoms with Crippen LogP contribution in [-0.2, 0) is 4.79 Å². The Balaban J connectivity index is 2.22. The van der Waals surface area contributed by atoms with Crippen molar-refractivity contribution in [1.29, 1.82) is 0 Å². The van der Waals surface area contributed by atoms with Crippen molar-refractivity contribution in [3.8, 4) is 0 Å². The Bertz CT molecular complexity index is 589. The molecule has 1 heterocycles. The van der Waals surface area contributed by atoms with E-state index in [-0.39, 0.29) is 22.8 Å². The Labute approximate surface area is 118 Å². The van der Waals surface area contributed by atoms with E-state index in [1.165, 1.54) is 11.0 Å². The highest BCUT2D eigenvalue weighted by atomic mass is 35.5. The first-order valence-electron chi connectivity index (χ1n) is 5.85.